The number of hydrogen-bond acceptors (Lipinski definition) is 2. The van der Waals surface area contributed by atoms with Crippen LogP contribution in [0.4, 0.5) is 11.4 Å². The van der Waals surface area contributed by atoms with Crippen molar-refractivity contribution in [3.63, 3.8) is 0 Å². The van der Waals surface area contributed by atoms with Crippen molar-refractivity contribution in [3.05, 3.63) is 22.7 Å². The summed E-state index contributed by atoms with van der Waals surface area (Å²) in [5.41, 5.74) is 7.11. The van der Waals surface area contributed by atoms with E-state index in [1.165, 1.54) is 25.7 Å². The molecule has 92 valence electrons. The number of anilines is 2. The van der Waals surface area contributed by atoms with E-state index in [1.807, 2.05) is 6.07 Å². The summed E-state index contributed by atoms with van der Waals surface area (Å²) in [6.07, 6.45) is 5.53. The number of halogens is 1. The quantitative estimate of drug-likeness (QED) is 0.838. The lowest BCUT2D eigenvalue weighted by Crippen LogP contribution is -2.15. The zero-order valence-corrected chi connectivity index (χ0v) is 11.3. The summed E-state index contributed by atoms with van der Waals surface area (Å²) in [6, 6.07) is 5.42. The molecule has 0 unspecified atom stereocenters. The summed E-state index contributed by atoms with van der Waals surface area (Å²) in [5, 5.41) is 2.91. The van der Waals surface area contributed by atoms with Crippen LogP contribution in [0.25, 0.3) is 0 Å². The average molecular weight is 297 g/mol. The highest BCUT2D eigenvalue weighted by molar-refractivity contribution is 9.10. The summed E-state index contributed by atoms with van der Waals surface area (Å²) in [4.78, 5) is 11.9. The summed E-state index contributed by atoms with van der Waals surface area (Å²) < 4.78 is 0.867. The fraction of sp³-hybridized carbons (Fsp3) is 0.462. The Balaban J connectivity index is 1.95. The van der Waals surface area contributed by atoms with Crippen molar-refractivity contribution in [3.8, 4) is 0 Å². The molecule has 4 heteroatoms. The molecule has 0 saturated heterocycles. The van der Waals surface area contributed by atoms with Gasteiger partial charge in [0, 0.05) is 16.6 Å². The van der Waals surface area contributed by atoms with E-state index in [4.69, 9.17) is 5.73 Å². The first kappa shape index (κ1) is 12.4. The molecule has 1 aliphatic rings. The van der Waals surface area contributed by atoms with Gasteiger partial charge >= 0.3 is 0 Å². The summed E-state index contributed by atoms with van der Waals surface area (Å²) >= 11 is 3.40. The molecule has 3 nitrogen and oxygen atoms in total. The van der Waals surface area contributed by atoms with E-state index in [-0.39, 0.29) is 5.91 Å². The third kappa shape index (κ3) is 3.46. The molecule has 1 saturated carbocycles. The van der Waals surface area contributed by atoms with E-state index >= 15 is 0 Å². The number of nitrogens with two attached hydrogens (primary N) is 1. The topological polar surface area (TPSA) is 55.1 Å². The van der Waals surface area contributed by atoms with Crippen LogP contribution in [0.1, 0.15) is 32.1 Å². The second kappa shape index (κ2) is 5.54. The fourth-order valence-electron chi connectivity index (χ4n) is 2.32. The number of carbonyl (C=O) groups is 1. The number of amides is 1. The number of benzene rings is 1. The van der Waals surface area contributed by atoms with Crippen LogP contribution in [-0.2, 0) is 4.79 Å². The van der Waals surface area contributed by atoms with Crippen LogP contribution in [0.2, 0.25) is 0 Å². The lowest BCUT2D eigenvalue weighted by atomic mass is 10.0. The second-order valence-electron chi connectivity index (χ2n) is 4.64. The van der Waals surface area contributed by atoms with Gasteiger partial charge in [-0.15, -0.1) is 0 Å². The van der Waals surface area contributed by atoms with Gasteiger partial charge in [-0.25, -0.2) is 0 Å². The van der Waals surface area contributed by atoms with E-state index in [0.29, 0.717) is 18.0 Å². The number of carbonyl (C=O) groups excluding carboxylic acids is 1. The standard InChI is InChI=1S/C13H17BrN2O/c14-11-6-5-10(15)8-12(11)16-13(17)7-9-3-1-2-4-9/h5-6,8-9H,1-4,7,15H2,(H,16,17). The molecule has 0 heterocycles. The van der Waals surface area contributed by atoms with Crippen LogP contribution in [0.15, 0.2) is 22.7 Å². The summed E-state index contributed by atoms with van der Waals surface area (Å²) in [5.74, 6) is 0.651. The Hall–Kier alpha value is -1.03. The summed E-state index contributed by atoms with van der Waals surface area (Å²) in [6.45, 7) is 0. The van der Waals surface area contributed by atoms with Gasteiger partial charge in [-0.05, 0) is 52.9 Å². The van der Waals surface area contributed by atoms with Crippen LogP contribution in [0.5, 0.6) is 0 Å². The molecule has 1 fully saturated rings. The van der Waals surface area contributed by atoms with Crippen LogP contribution in [-0.4, -0.2) is 5.91 Å². The van der Waals surface area contributed by atoms with Gasteiger partial charge < -0.3 is 11.1 Å². The third-order valence-corrected chi connectivity index (χ3v) is 3.90. The van der Waals surface area contributed by atoms with Gasteiger partial charge in [-0.2, -0.15) is 0 Å². The molecule has 1 aliphatic carbocycles. The monoisotopic (exact) mass is 296 g/mol. The third-order valence-electron chi connectivity index (χ3n) is 3.21. The molecule has 0 aromatic heterocycles. The lowest BCUT2D eigenvalue weighted by Gasteiger charge is -2.11. The van der Waals surface area contributed by atoms with Crippen LogP contribution in [0.3, 0.4) is 0 Å². The van der Waals surface area contributed by atoms with Crippen molar-refractivity contribution < 1.29 is 4.79 Å². The molecule has 1 amide bonds. The normalized spacial score (nSPS) is 16.1. The van der Waals surface area contributed by atoms with E-state index < -0.39 is 0 Å². The Labute approximate surface area is 110 Å². The second-order valence-corrected chi connectivity index (χ2v) is 5.50. The Morgan fingerprint density at radius 1 is 1.41 bits per heavy atom. The predicted octanol–water partition coefficient (Wildman–Crippen LogP) is 3.55. The maximum Gasteiger partial charge on any atom is 0.224 e. The number of nitrogen functional groups attached to an aromatic ring is 1. The zero-order valence-electron chi connectivity index (χ0n) is 9.71. The van der Waals surface area contributed by atoms with Gasteiger partial charge in [0.25, 0.3) is 0 Å². The first-order valence-electron chi connectivity index (χ1n) is 6.00. The van der Waals surface area contributed by atoms with E-state index in [9.17, 15) is 4.79 Å². The largest absolute Gasteiger partial charge is 0.399 e. The van der Waals surface area contributed by atoms with Gasteiger partial charge in [0.2, 0.25) is 5.91 Å². The first-order chi connectivity index (χ1) is 8.15. The van der Waals surface area contributed by atoms with Crippen molar-refractivity contribution in [1.82, 2.24) is 0 Å². The molecule has 0 bridgehead atoms. The van der Waals surface area contributed by atoms with Crippen molar-refractivity contribution in [1.29, 1.82) is 0 Å². The average Bonchev–Trinajstić information content (AvgIpc) is 2.76. The van der Waals surface area contributed by atoms with Crippen LogP contribution < -0.4 is 11.1 Å². The van der Waals surface area contributed by atoms with Crippen LogP contribution >= 0.6 is 15.9 Å². The smallest absolute Gasteiger partial charge is 0.224 e. The molecular formula is C13H17BrN2O. The molecule has 1 aromatic rings. The minimum Gasteiger partial charge on any atom is -0.399 e. The van der Waals surface area contributed by atoms with Gasteiger partial charge in [0.15, 0.2) is 0 Å². The Bertz CT molecular complexity index is 414. The Kier molecular flexibility index (Phi) is 4.05. The fourth-order valence-corrected chi connectivity index (χ4v) is 2.66. The molecule has 2 rings (SSSR count). The van der Waals surface area contributed by atoms with Crippen molar-refractivity contribution >= 4 is 33.2 Å². The van der Waals surface area contributed by atoms with Gasteiger partial charge in [-0.1, -0.05) is 12.8 Å². The highest BCUT2D eigenvalue weighted by atomic mass is 79.9. The van der Waals surface area contributed by atoms with E-state index in [2.05, 4.69) is 21.2 Å². The molecule has 17 heavy (non-hydrogen) atoms. The van der Waals surface area contributed by atoms with Gasteiger partial charge in [0.05, 0.1) is 5.69 Å². The molecule has 0 atom stereocenters. The molecule has 1 aromatic carbocycles. The number of rotatable bonds is 3. The molecule has 3 N–H and O–H groups in total. The minimum absolute atomic E-state index is 0.0863. The Morgan fingerprint density at radius 3 is 2.82 bits per heavy atom. The Morgan fingerprint density at radius 2 is 2.12 bits per heavy atom. The molecule has 0 spiro atoms. The lowest BCUT2D eigenvalue weighted by molar-refractivity contribution is -0.117. The van der Waals surface area contributed by atoms with E-state index in [0.717, 1.165) is 10.2 Å². The van der Waals surface area contributed by atoms with Crippen LogP contribution in [0, 0.1) is 5.92 Å². The van der Waals surface area contributed by atoms with E-state index in [1.54, 1.807) is 12.1 Å². The SMILES string of the molecule is Nc1ccc(Br)c(NC(=O)CC2CCCC2)c1. The molecule has 0 aliphatic heterocycles. The minimum atomic E-state index is 0.0863. The highest BCUT2D eigenvalue weighted by Crippen LogP contribution is 2.29. The molecule has 0 radical (unpaired) electrons. The van der Waals surface area contributed by atoms with Gasteiger partial charge in [-0.3, -0.25) is 4.79 Å². The van der Waals surface area contributed by atoms with Gasteiger partial charge in [0.1, 0.15) is 0 Å². The first-order valence-corrected chi connectivity index (χ1v) is 6.79. The number of hydrogen-bond donors (Lipinski definition) is 2. The zero-order chi connectivity index (χ0) is 12.3. The number of nitrogens with one attached hydrogen (secondary N) is 1. The summed E-state index contributed by atoms with van der Waals surface area (Å²) in [7, 11) is 0. The molecular weight excluding hydrogens is 280 g/mol. The van der Waals surface area contributed by atoms with Crippen molar-refractivity contribution in [2.45, 2.75) is 32.1 Å². The van der Waals surface area contributed by atoms with Crippen molar-refractivity contribution in [2.24, 2.45) is 5.92 Å². The maximum atomic E-state index is 11.9. The maximum absolute atomic E-state index is 11.9. The predicted molar refractivity (Wildman–Crippen MR) is 73.8 cm³/mol. The highest BCUT2D eigenvalue weighted by Gasteiger charge is 2.18. The van der Waals surface area contributed by atoms with Crippen molar-refractivity contribution in [2.75, 3.05) is 11.1 Å².